The van der Waals surface area contributed by atoms with Gasteiger partial charge in [0.25, 0.3) is 0 Å². The summed E-state index contributed by atoms with van der Waals surface area (Å²) in [6, 6.07) is 0. The van der Waals surface area contributed by atoms with Gasteiger partial charge in [-0.2, -0.15) is 0 Å². The average molecular weight is 184 g/mol. The van der Waals surface area contributed by atoms with Crippen LogP contribution in [0.25, 0.3) is 0 Å². The molecule has 0 aliphatic heterocycles. The lowest BCUT2D eigenvalue weighted by Crippen LogP contribution is -2.17. The molecule has 0 amide bonds. The maximum atomic E-state index is 10.5. The van der Waals surface area contributed by atoms with Crippen LogP contribution in [0.4, 0.5) is 0 Å². The molecule has 2 atom stereocenters. The molecule has 1 rings (SSSR count). The summed E-state index contributed by atoms with van der Waals surface area (Å²) >= 11 is 0. The van der Waals surface area contributed by atoms with E-state index in [4.69, 9.17) is 5.11 Å². The molecule has 0 saturated heterocycles. The van der Waals surface area contributed by atoms with E-state index < -0.39 is 5.97 Å². The molecule has 0 aromatic heterocycles. The van der Waals surface area contributed by atoms with Gasteiger partial charge in [-0.3, -0.25) is 4.79 Å². The minimum atomic E-state index is -0.639. The normalized spacial score (nSPS) is 29.2. The highest BCUT2D eigenvalue weighted by Crippen LogP contribution is 2.43. The van der Waals surface area contributed by atoms with Crippen molar-refractivity contribution in [2.45, 2.75) is 46.5 Å². The van der Waals surface area contributed by atoms with Crippen molar-refractivity contribution in [1.29, 1.82) is 0 Å². The van der Waals surface area contributed by atoms with Crippen LogP contribution in [0.15, 0.2) is 0 Å². The molecule has 0 radical (unpaired) electrons. The van der Waals surface area contributed by atoms with Gasteiger partial charge in [-0.1, -0.05) is 20.8 Å². The first kappa shape index (κ1) is 10.6. The summed E-state index contributed by atoms with van der Waals surface area (Å²) < 4.78 is 0. The maximum Gasteiger partial charge on any atom is 0.303 e. The second-order valence-corrected chi connectivity index (χ2v) is 5.34. The van der Waals surface area contributed by atoms with Crippen LogP contribution in [0.1, 0.15) is 46.5 Å². The fourth-order valence-corrected chi connectivity index (χ4v) is 2.29. The molecular formula is C11H20O2. The van der Waals surface area contributed by atoms with Crippen molar-refractivity contribution in [3.8, 4) is 0 Å². The van der Waals surface area contributed by atoms with Gasteiger partial charge < -0.3 is 5.11 Å². The van der Waals surface area contributed by atoms with E-state index in [-0.39, 0.29) is 0 Å². The lowest BCUT2D eigenvalue weighted by atomic mass is 9.79. The summed E-state index contributed by atoms with van der Waals surface area (Å²) in [4.78, 5) is 10.5. The topological polar surface area (TPSA) is 37.3 Å². The summed E-state index contributed by atoms with van der Waals surface area (Å²) in [7, 11) is 0. The number of carboxylic acid groups (broad SMARTS) is 1. The highest BCUT2D eigenvalue weighted by molar-refractivity contribution is 5.67. The zero-order chi connectivity index (χ0) is 10.1. The number of hydrogen-bond acceptors (Lipinski definition) is 1. The first-order chi connectivity index (χ1) is 5.89. The van der Waals surface area contributed by atoms with E-state index in [0.29, 0.717) is 17.8 Å². The largest absolute Gasteiger partial charge is 0.481 e. The molecule has 1 aliphatic rings. The molecule has 0 aromatic rings. The molecule has 0 heterocycles. The Balaban J connectivity index is 2.41. The first-order valence-corrected chi connectivity index (χ1v) is 5.11. The number of hydrogen-bond donors (Lipinski definition) is 1. The molecule has 0 aromatic carbocycles. The van der Waals surface area contributed by atoms with Crippen molar-refractivity contribution in [2.24, 2.45) is 17.3 Å². The van der Waals surface area contributed by atoms with Gasteiger partial charge in [0.1, 0.15) is 0 Å². The van der Waals surface area contributed by atoms with E-state index in [0.717, 1.165) is 18.8 Å². The van der Waals surface area contributed by atoms with Gasteiger partial charge >= 0.3 is 5.97 Å². The minimum Gasteiger partial charge on any atom is -0.481 e. The van der Waals surface area contributed by atoms with Gasteiger partial charge in [-0.25, -0.2) is 0 Å². The standard InChI is InChI=1S/C11H20O2/c1-11(2,3)9-5-4-8(6-9)7-10(12)13/h8-9H,4-7H2,1-3H3,(H,12,13). The summed E-state index contributed by atoms with van der Waals surface area (Å²) in [6.07, 6.45) is 3.79. The molecule has 2 unspecified atom stereocenters. The fourth-order valence-electron chi connectivity index (χ4n) is 2.29. The van der Waals surface area contributed by atoms with Gasteiger partial charge in [0.15, 0.2) is 0 Å². The molecule has 1 saturated carbocycles. The number of carboxylic acids is 1. The van der Waals surface area contributed by atoms with Gasteiger partial charge in [0, 0.05) is 6.42 Å². The average Bonchev–Trinajstić information content (AvgIpc) is 2.32. The Morgan fingerprint density at radius 3 is 2.38 bits per heavy atom. The second kappa shape index (κ2) is 3.69. The molecule has 1 aliphatic carbocycles. The van der Waals surface area contributed by atoms with E-state index in [2.05, 4.69) is 20.8 Å². The summed E-state index contributed by atoms with van der Waals surface area (Å²) in [5, 5.41) is 8.66. The molecule has 0 bridgehead atoms. The van der Waals surface area contributed by atoms with Gasteiger partial charge in [0.2, 0.25) is 0 Å². The van der Waals surface area contributed by atoms with Crippen LogP contribution in [-0.4, -0.2) is 11.1 Å². The number of carbonyl (C=O) groups is 1. The van der Waals surface area contributed by atoms with Crippen LogP contribution in [0, 0.1) is 17.3 Å². The van der Waals surface area contributed by atoms with Crippen LogP contribution < -0.4 is 0 Å². The van der Waals surface area contributed by atoms with Crippen molar-refractivity contribution >= 4 is 5.97 Å². The molecule has 13 heavy (non-hydrogen) atoms. The van der Waals surface area contributed by atoms with Crippen molar-refractivity contribution in [2.75, 3.05) is 0 Å². The van der Waals surface area contributed by atoms with Crippen molar-refractivity contribution in [3.63, 3.8) is 0 Å². The summed E-state index contributed by atoms with van der Waals surface area (Å²) in [5.41, 5.74) is 0.354. The van der Waals surface area contributed by atoms with E-state index in [1.165, 1.54) is 6.42 Å². The molecule has 0 spiro atoms. The maximum absolute atomic E-state index is 10.5. The van der Waals surface area contributed by atoms with Crippen molar-refractivity contribution < 1.29 is 9.90 Å². The Kier molecular flexibility index (Phi) is 2.99. The Bertz CT molecular complexity index is 191. The highest BCUT2D eigenvalue weighted by Gasteiger charge is 2.33. The quantitative estimate of drug-likeness (QED) is 0.716. The third-order valence-electron chi connectivity index (χ3n) is 3.23. The van der Waals surface area contributed by atoms with E-state index in [1.54, 1.807) is 0 Å². The predicted molar refractivity (Wildman–Crippen MR) is 52.5 cm³/mol. The van der Waals surface area contributed by atoms with Crippen LogP contribution in [0.3, 0.4) is 0 Å². The third-order valence-corrected chi connectivity index (χ3v) is 3.23. The monoisotopic (exact) mass is 184 g/mol. The van der Waals surface area contributed by atoms with Crippen LogP contribution >= 0.6 is 0 Å². The Morgan fingerprint density at radius 2 is 2.00 bits per heavy atom. The molecule has 1 fully saturated rings. The molecular weight excluding hydrogens is 164 g/mol. The minimum absolute atomic E-state index is 0.354. The zero-order valence-electron chi connectivity index (χ0n) is 8.84. The third kappa shape index (κ3) is 3.02. The van der Waals surface area contributed by atoms with Gasteiger partial charge in [0.05, 0.1) is 0 Å². The van der Waals surface area contributed by atoms with Crippen molar-refractivity contribution in [3.05, 3.63) is 0 Å². The lowest BCUT2D eigenvalue weighted by molar-refractivity contribution is -0.138. The Hall–Kier alpha value is -0.530. The van der Waals surface area contributed by atoms with E-state index in [1.807, 2.05) is 0 Å². The molecule has 76 valence electrons. The van der Waals surface area contributed by atoms with E-state index >= 15 is 0 Å². The van der Waals surface area contributed by atoms with Crippen LogP contribution in [0.2, 0.25) is 0 Å². The summed E-state index contributed by atoms with van der Waals surface area (Å²) in [5.74, 6) is 0.512. The van der Waals surface area contributed by atoms with Gasteiger partial charge in [-0.05, 0) is 36.5 Å². The second-order valence-electron chi connectivity index (χ2n) is 5.34. The molecule has 2 nitrogen and oxygen atoms in total. The predicted octanol–water partition coefficient (Wildman–Crippen LogP) is 2.92. The zero-order valence-corrected chi connectivity index (χ0v) is 8.84. The van der Waals surface area contributed by atoms with Crippen LogP contribution in [-0.2, 0) is 4.79 Å². The van der Waals surface area contributed by atoms with E-state index in [9.17, 15) is 4.79 Å². The molecule has 2 heteroatoms. The lowest BCUT2D eigenvalue weighted by Gasteiger charge is -2.26. The number of rotatable bonds is 2. The van der Waals surface area contributed by atoms with Crippen molar-refractivity contribution in [1.82, 2.24) is 0 Å². The first-order valence-electron chi connectivity index (χ1n) is 5.11. The number of aliphatic carboxylic acids is 1. The van der Waals surface area contributed by atoms with Crippen LogP contribution in [0.5, 0.6) is 0 Å². The SMILES string of the molecule is CC(C)(C)C1CCC(CC(=O)O)C1. The smallest absolute Gasteiger partial charge is 0.303 e. The summed E-state index contributed by atoms with van der Waals surface area (Å²) in [6.45, 7) is 6.75. The van der Waals surface area contributed by atoms with Gasteiger partial charge in [-0.15, -0.1) is 0 Å². The Morgan fingerprint density at radius 1 is 1.38 bits per heavy atom. The molecule has 1 N–H and O–H groups in total. The highest BCUT2D eigenvalue weighted by atomic mass is 16.4. The Labute approximate surface area is 80.3 Å². The fraction of sp³-hybridized carbons (Fsp3) is 0.909.